The van der Waals surface area contributed by atoms with E-state index in [4.69, 9.17) is 10.2 Å². The van der Waals surface area contributed by atoms with Gasteiger partial charge in [-0.2, -0.15) is 0 Å². The summed E-state index contributed by atoms with van der Waals surface area (Å²) in [5.41, 5.74) is 0. The monoisotopic (exact) mass is 208 g/mol. The number of aliphatic hydroxyl groups is 4. The highest BCUT2D eigenvalue weighted by Crippen LogP contribution is 2.20. The summed E-state index contributed by atoms with van der Waals surface area (Å²) < 4.78 is 8.82. The molecule has 0 aliphatic carbocycles. The van der Waals surface area contributed by atoms with Gasteiger partial charge in [-0.25, -0.2) is 4.79 Å². The van der Waals surface area contributed by atoms with Gasteiger partial charge in [-0.15, -0.1) is 0 Å². The molecule has 0 aromatic heterocycles. The van der Waals surface area contributed by atoms with Crippen LogP contribution >= 0.6 is 0 Å². The van der Waals surface area contributed by atoms with Gasteiger partial charge in [-0.05, 0) is 0 Å². The van der Waals surface area contributed by atoms with Crippen LogP contribution in [-0.4, -0.2) is 64.2 Å². The number of hydrogen-bond donors (Lipinski definition) is 4. The minimum absolute atomic E-state index is 0.928. The van der Waals surface area contributed by atoms with Gasteiger partial charge in [0.05, 0.1) is 7.11 Å². The van der Waals surface area contributed by atoms with Crippen LogP contribution in [0.5, 0.6) is 0 Å². The fourth-order valence-corrected chi connectivity index (χ4v) is 1.17. The molecule has 0 amide bonds. The van der Waals surface area contributed by atoms with Crippen LogP contribution in [0, 0.1) is 0 Å². The van der Waals surface area contributed by atoms with Gasteiger partial charge >= 0.3 is 5.97 Å². The molecule has 1 saturated heterocycles. The summed E-state index contributed by atoms with van der Waals surface area (Å²) in [6.07, 6.45) is -8.14. The normalized spacial score (nSPS) is 43.4. The van der Waals surface area contributed by atoms with Crippen LogP contribution in [0.1, 0.15) is 0 Å². The molecule has 5 atom stereocenters. The smallest absolute Gasteiger partial charge is 0.337 e. The first-order chi connectivity index (χ1) is 6.49. The van der Waals surface area contributed by atoms with E-state index in [9.17, 15) is 15.0 Å². The van der Waals surface area contributed by atoms with Crippen molar-refractivity contribution in [2.75, 3.05) is 7.11 Å². The molecule has 82 valence electrons. The number of carbonyl (C=O) groups excluding carboxylic acids is 1. The molecule has 0 saturated carbocycles. The largest absolute Gasteiger partial charge is 0.467 e. The molecule has 14 heavy (non-hydrogen) atoms. The Morgan fingerprint density at radius 1 is 1.14 bits per heavy atom. The van der Waals surface area contributed by atoms with E-state index in [1.165, 1.54) is 0 Å². The predicted octanol–water partition coefficient (Wildman–Crippen LogP) is -3.04. The molecule has 4 N–H and O–H groups in total. The molecular weight excluding hydrogens is 196 g/mol. The minimum atomic E-state index is -1.72. The Bertz CT molecular complexity index is 218. The van der Waals surface area contributed by atoms with Gasteiger partial charge in [-0.3, -0.25) is 0 Å². The van der Waals surface area contributed by atoms with Crippen molar-refractivity contribution >= 4 is 5.97 Å². The molecule has 1 heterocycles. The average Bonchev–Trinajstić information content (AvgIpc) is 2.19. The van der Waals surface area contributed by atoms with Crippen molar-refractivity contribution in [3.63, 3.8) is 0 Å². The summed E-state index contributed by atoms with van der Waals surface area (Å²) in [4.78, 5) is 11.0. The summed E-state index contributed by atoms with van der Waals surface area (Å²) in [6, 6.07) is 0. The number of aliphatic hydroxyl groups excluding tert-OH is 4. The Kier molecular flexibility index (Phi) is 3.40. The number of rotatable bonds is 1. The summed E-state index contributed by atoms with van der Waals surface area (Å²) in [6.45, 7) is 0. The first kappa shape index (κ1) is 11.3. The maximum atomic E-state index is 11.0. The van der Waals surface area contributed by atoms with Gasteiger partial charge in [0.15, 0.2) is 12.4 Å². The van der Waals surface area contributed by atoms with Crippen LogP contribution in [-0.2, 0) is 14.3 Å². The van der Waals surface area contributed by atoms with Crippen LogP contribution in [0.3, 0.4) is 0 Å². The number of esters is 1. The molecule has 7 nitrogen and oxygen atoms in total. The van der Waals surface area contributed by atoms with Crippen molar-refractivity contribution < 1.29 is 34.7 Å². The van der Waals surface area contributed by atoms with Crippen molar-refractivity contribution in [1.29, 1.82) is 0 Å². The van der Waals surface area contributed by atoms with E-state index in [1.54, 1.807) is 0 Å². The van der Waals surface area contributed by atoms with Gasteiger partial charge in [-0.1, -0.05) is 0 Å². The summed E-state index contributed by atoms with van der Waals surface area (Å²) in [7, 11) is 1.07. The second-order valence-electron chi connectivity index (χ2n) is 2.94. The van der Waals surface area contributed by atoms with Crippen LogP contribution in [0.4, 0.5) is 0 Å². The Labute approximate surface area is 79.5 Å². The average molecular weight is 208 g/mol. The lowest BCUT2D eigenvalue weighted by Crippen LogP contribution is -2.59. The summed E-state index contributed by atoms with van der Waals surface area (Å²) in [5.74, 6) is -0.928. The summed E-state index contributed by atoms with van der Waals surface area (Å²) in [5, 5.41) is 36.5. The van der Waals surface area contributed by atoms with Crippen molar-refractivity contribution in [2.45, 2.75) is 30.7 Å². The first-order valence-electron chi connectivity index (χ1n) is 3.94. The molecule has 0 aromatic rings. The molecule has 0 bridgehead atoms. The zero-order valence-corrected chi connectivity index (χ0v) is 7.40. The Morgan fingerprint density at radius 3 is 2.21 bits per heavy atom. The molecule has 1 fully saturated rings. The zero-order valence-electron chi connectivity index (χ0n) is 7.40. The number of hydrogen-bond acceptors (Lipinski definition) is 7. The fraction of sp³-hybridized carbons (Fsp3) is 0.857. The molecule has 0 aromatic carbocycles. The van der Waals surface area contributed by atoms with Gasteiger partial charge in [0.25, 0.3) is 0 Å². The third kappa shape index (κ3) is 1.86. The van der Waals surface area contributed by atoms with E-state index in [2.05, 4.69) is 9.47 Å². The van der Waals surface area contributed by atoms with E-state index in [1.807, 2.05) is 0 Å². The van der Waals surface area contributed by atoms with E-state index in [0.717, 1.165) is 7.11 Å². The Morgan fingerprint density at radius 2 is 1.71 bits per heavy atom. The van der Waals surface area contributed by atoms with Gasteiger partial charge in [0.1, 0.15) is 18.3 Å². The Hall–Kier alpha value is -0.730. The zero-order chi connectivity index (χ0) is 10.9. The lowest BCUT2D eigenvalue weighted by atomic mass is 9.99. The number of methoxy groups -OCH3 is 1. The van der Waals surface area contributed by atoms with Crippen LogP contribution in [0.15, 0.2) is 0 Å². The topological polar surface area (TPSA) is 116 Å². The fourth-order valence-electron chi connectivity index (χ4n) is 1.17. The quantitative estimate of drug-likeness (QED) is 0.338. The molecular formula is C7H12O7. The second-order valence-corrected chi connectivity index (χ2v) is 2.94. The lowest BCUT2D eigenvalue weighted by molar-refractivity contribution is -0.280. The highest BCUT2D eigenvalue weighted by molar-refractivity contribution is 5.75. The Balaban J connectivity index is 2.75. The number of carbonyl (C=O) groups is 1. The highest BCUT2D eigenvalue weighted by atomic mass is 16.7. The van der Waals surface area contributed by atoms with Crippen LogP contribution < -0.4 is 0 Å². The second kappa shape index (κ2) is 4.20. The van der Waals surface area contributed by atoms with Crippen molar-refractivity contribution in [3.8, 4) is 0 Å². The van der Waals surface area contributed by atoms with Crippen molar-refractivity contribution in [2.24, 2.45) is 0 Å². The first-order valence-corrected chi connectivity index (χ1v) is 3.94. The molecule has 7 heteroatoms. The molecule has 1 aliphatic heterocycles. The van der Waals surface area contributed by atoms with E-state index < -0.39 is 36.7 Å². The molecule has 0 spiro atoms. The van der Waals surface area contributed by atoms with E-state index in [0.29, 0.717) is 0 Å². The minimum Gasteiger partial charge on any atom is -0.467 e. The van der Waals surface area contributed by atoms with Gasteiger partial charge in [0.2, 0.25) is 0 Å². The van der Waals surface area contributed by atoms with Gasteiger partial charge in [0, 0.05) is 0 Å². The number of ether oxygens (including phenoxy) is 2. The maximum Gasteiger partial charge on any atom is 0.337 e. The summed E-state index contributed by atoms with van der Waals surface area (Å²) >= 11 is 0. The van der Waals surface area contributed by atoms with E-state index in [-0.39, 0.29) is 0 Å². The van der Waals surface area contributed by atoms with Crippen LogP contribution in [0.25, 0.3) is 0 Å². The highest BCUT2D eigenvalue weighted by Gasteiger charge is 2.46. The van der Waals surface area contributed by atoms with Gasteiger partial charge < -0.3 is 29.9 Å². The predicted molar refractivity (Wildman–Crippen MR) is 40.9 cm³/mol. The van der Waals surface area contributed by atoms with Crippen molar-refractivity contribution in [3.05, 3.63) is 0 Å². The lowest BCUT2D eigenvalue weighted by Gasteiger charge is -2.36. The SMILES string of the molecule is COC(=O)[C@@H]1O[C@@H](O)[C@H](O)[C@@H](O)[C@@H]1O. The van der Waals surface area contributed by atoms with Crippen molar-refractivity contribution in [1.82, 2.24) is 0 Å². The molecule has 0 radical (unpaired) electrons. The third-order valence-electron chi connectivity index (χ3n) is 2.02. The third-order valence-corrected chi connectivity index (χ3v) is 2.02. The standard InChI is InChI=1S/C7H12O7/c1-13-7(12)5-3(9)2(8)4(10)6(11)14-5/h2-6,8-11H,1H3/t2-,3-,4+,5+,6+/m0/s1. The maximum absolute atomic E-state index is 11.0. The van der Waals surface area contributed by atoms with Crippen LogP contribution in [0.2, 0.25) is 0 Å². The molecule has 0 unspecified atom stereocenters. The van der Waals surface area contributed by atoms with E-state index >= 15 is 0 Å². The molecule has 1 rings (SSSR count). The molecule has 1 aliphatic rings.